The first kappa shape index (κ1) is 20.8. The molecule has 0 saturated heterocycles. The van der Waals surface area contributed by atoms with Crippen molar-refractivity contribution in [3.63, 3.8) is 0 Å². The number of hydrogen-bond donors (Lipinski definition) is 3. The molecular weight excluding hydrogens is 404 g/mol. The van der Waals surface area contributed by atoms with E-state index < -0.39 is 11.0 Å². The number of fused-ring (bicyclic) bond motifs is 2. The summed E-state index contributed by atoms with van der Waals surface area (Å²) in [5, 5.41) is 21.7. The van der Waals surface area contributed by atoms with Crippen molar-refractivity contribution in [2.75, 3.05) is 22.6 Å². The quantitative estimate of drug-likeness (QED) is 0.578. The molecule has 1 amide bonds. The number of pyridine rings is 1. The number of likely N-dealkylation sites (N-methyl/N-ethyl adjacent to an activating group) is 1. The molecule has 168 valence electrons. The van der Waals surface area contributed by atoms with Gasteiger partial charge in [0.2, 0.25) is 11.9 Å². The van der Waals surface area contributed by atoms with Crippen LogP contribution >= 0.6 is 0 Å². The molecule has 3 heterocycles. The Morgan fingerprint density at radius 1 is 1.12 bits per heavy atom. The lowest BCUT2D eigenvalue weighted by Gasteiger charge is -2.33. The molecule has 1 saturated carbocycles. The molecular formula is C24H30N6O2. The van der Waals surface area contributed by atoms with Crippen LogP contribution in [0.15, 0.2) is 36.4 Å². The molecule has 0 bridgehead atoms. The summed E-state index contributed by atoms with van der Waals surface area (Å²) in [6.07, 6.45) is 3.41. The molecule has 2 aromatic heterocycles. The fraction of sp³-hybridized carbons (Fsp3) is 0.458. The van der Waals surface area contributed by atoms with Crippen molar-refractivity contribution >= 4 is 34.7 Å². The second kappa shape index (κ2) is 7.20. The number of anilines is 4. The highest BCUT2D eigenvalue weighted by molar-refractivity contribution is 6.07. The summed E-state index contributed by atoms with van der Waals surface area (Å²) in [5.41, 5.74) is 2.44. The average Bonchev–Trinajstić information content (AvgIpc) is 3.23. The van der Waals surface area contributed by atoms with Crippen LogP contribution in [0, 0.1) is 0 Å². The van der Waals surface area contributed by atoms with E-state index in [-0.39, 0.29) is 5.91 Å². The number of carbonyl (C=O) groups is 1. The molecule has 3 N–H and O–H groups in total. The number of benzene rings is 1. The molecule has 5 rings (SSSR count). The van der Waals surface area contributed by atoms with E-state index in [0.717, 1.165) is 54.1 Å². The summed E-state index contributed by atoms with van der Waals surface area (Å²) in [4.78, 5) is 18.9. The molecule has 1 fully saturated rings. The van der Waals surface area contributed by atoms with Gasteiger partial charge in [-0.2, -0.15) is 9.50 Å². The van der Waals surface area contributed by atoms with Crippen molar-refractivity contribution in [1.29, 1.82) is 0 Å². The molecule has 0 radical (unpaired) electrons. The van der Waals surface area contributed by atoms with E-state index in [1.807, 2.05) is 64.2 Å². The van der Waals surface area contributed by atoms with Crippen molar-refractivity contribution in [2.45, 2.75) is 63.5 Å². The number of carbonyl (C=O) groups excluding carboxylic acids is 1. The van der Waals surface area contributed by atoms with Crippen LogP contribution in [-0.2, 0) is 10.2 Å². The van der Waals surface area contributed by atoms with Gasteiger partial charge in [-0.3, -0.25) is 4.79 Å². The lowest BCUT2D eigenvalue weighted by molar-refractivity contribution is -0.121. The molecule has 1 aliphatic heterocycles. The second-order valence-corrected chi connectivity index (χ2v) is 9.88. The molecule has 1 aromatic carbocycles. The maximum atomic E-state index is 12.6. The first-order valence-electron chi connectivity index (χ1n) is 11.2. The summed E-state index contributed by atoms with van der Waals surface area (Å²) in [5.74, 6) is 1.48. The zero-order chi connectivity index (χ0) is 22.7. The highest BCUT2D eigenvalue weighted by Crippen LogP contribution is 2.42. The Bertz CT molecular complexity index is 1190. The fourth-order valence-electron chi connectivity index (χ4n) is 4.85. The summed E-state index contributed by atoms with van der Waals surface area (Å²) in [6, 6.07) is 12.1. The van der Waals surface area contributed by atoms with Gasteiger partial charge < -0.3 is 20.6 Å². The third-order valence-electron chi connectivity index (χ3n) is 6.90. The summed E-state index contributed by atoms with van der Waals surface area (Å²) in [7, 11) is 1.81. The van der Waals surface area contributed by atoms with Gasteiger partial charge in [-0.1, -0.05) is 12.1 Å². The number of hydrogen-bond acceptors (Lipinski definition) is 6. The normalized spacial score (nSPS) is 24.6. The molecule has 8 heteroatoms. The Kier molecular flexibility index (Phi) is 4.67. The molecule has 0 atom stereocenters. The zero-order valence-electron chi connectivity index (χ0n) is 19.0. The van der Waals surface area contributed by atoms with E-state index in [1.54, 1.807) is 9.42 Å². The molecule has 3 aromatic rings. The topological polar surface area (TPSA) is 94.8 Å². The Balaban J connectivity index is 1.38. The van der Waals surface area contributed by atoms with Crippen molar-refractivity contribution in [1.82, 2.24) is 14.6 Å². The minimum Gasteiger partial charge on any atom is -0.390 e. The van der Waals surface area contributed by atoms with Crippen LogP contribution in [0.1, 0.15) is 52.0 Å². The Morgan fingerprint density at radius 3 is 2.62 bits per heavy atom. The number of nitrogens with zero attached hydrogens (tertiary/aromatic N) is 4. The van der Waals surface area contributed by atoms with Gasteiger partial charge in [0.15, 0.2) is 5.65 Å². The molecule has 8 nitrogen and oxygen atoms in total. The number of aromatic nitrogens is 3. The number of rotatable bonds is 4. The van der Waals surface area contributed by atoms with E-state index in [4.69, 9.17) is 0 Å². The van der Waals surface area contributed by atoms with Crippen LogP contribution in [0.3, 0.4) is 0 Å². The van der Waals surface area contributed by atoms with Gasteiger partial charge in [-0.25, -0.2) is 0 Å². The molecule has 0 unspecified atom stereocenters. The van der Waals surface area contributed by atoms with Crippen LogP contribution in [0.4, 0.5) is 23.1 Å². The Hall–Kier alpha value is -3.13. The van der Waals surface area contributed by atoms with Gasteiger partial charge in [0.05, 0.1) is 11.0 Å². The molecule has 32 heavy (non-hydrogen) atoms. The predicted molar refractivity (Wildman–Crippen MR) is 126 cm³/mol. The number of amides is 1. The first-order valence-corrected chi connectivity index (χ1v) is 11.2. The first-order chi connectivity index (χ1) is 15.1. The Morgan fingerprint density at radius 2 is 1.88 bits per heavy atom. The third kappa shape index (κ3) is 3.48. The monoisotopic (exact) mass is 434 g/mol. The van der Waals surface area contributed by atoms with Crippen molar-refractivity contribution in [3.05, 3.63) is 42.0 Å². The van der Waals surface area contributed by atoms with E-state index in [2.05, 4.69) is 20.7 Å². The van der Waals surface area contributed by atoms with Crippen molar-refractivity contribution < 1.29 is 9.90 Å². The second-order valence-electron chi connectivity index (χ2n) is 9.88. The lowest BCUT2D eigenvalue weighted by atomic mass is 9.84. The van der Waals surface area contributed by atoms with Crippen LogP contribution < -0.4 is 15.5 Å². The number of nitrogens with one attached hydrogen (secondary N) is 2. The van der Waals surface area contributed by atoms with Crippen LogP contribution in [0.5, 0.6) is 0 Å². The highest BCUT2D eigenvalue weighted by Gasteiger charge is 2.42. The lowest BCUT2D eigenvalue weighted by Crippen LogP contribution is -2.36. The van der Waals surface area contributed by atoms with Crippen LogP contribution in [0.25, 0.3) is 5.65 Å². The van der Waals surface area contributed by atoms with Crippen LogP contribution in [0.2, 0.25) is 0 Å². The zero-order valence-corrected chi connectivity index (χ0v) is 19.0. The smallest absolute Gasteiger partial charge is 0.247 e. The SMILES string of the molecule is CN1C(=O)C(C)(C)c2ccc(Nc3nc4cccc(N[C@H]5CC[C@](C)(O)CC5)n4n3)cc21. The minimum atomic E-state index is -0.557. The van der Waals surface area contributed by atoms with Crippen LogP contribution in [-0.4, -0.2) is 44.3 Å². The number of aliphatic hydroxyl groups is 1. The Labute approximate surface area is 187 Å². The summed E-state index contributed by atoms with van der Waals surface area (Å²) >= 11 is 0. The van der Waals surface area contributed by atoms with E-state index in [9.17, 15) is 9.90 Å². The standard InChI is InChI=1S/C24H30N6O2/c1-23(2)17-9-8-16(14-18(17)29(4)21(23)31)26-22-27-20-7-5-6-19(30(20)28-22)25-15-10-12-24(3,32)13-11-15/h5-9,14-15,25,32H,10-13H2,1-4H3,(H,26,28)/t15-,24-. The maximum absolute atomic E-state index is 12.6. The van der Waals surface area contributed by atoms with Gasteiger partial charge in [-0.15, -0.1) is 5.10 Å². The summed E-state index contributed by atoms with van der Waals surface area (Å²) in [6.45, 7) is 5.82. The largest absolute Gasteiger partial charge is 0.390 e. The maximum Gasteiger partial charge on any atom is 0.247 e. The summed E-state index contributed by atoms with van der Waals surface area (Å²) < 4.78 is 1.81. The molecule has 1 aliphatic carbocycles. The van der Waals surface area contributed by atoms with Crippen molar-refractivity contribution in [2.24, 2.45) is 0 Å². The minimum absolute atomic E-state index is 0.0930. The van der Waals surface area contributed by atoms with E-state index in [0.29, 0.717) is 12.0 Å². The molecule has 0 spiro atoms. The van der Waals surface area contributed by atoms with Gasteiger partial charge in [0.25, 0.3) is 0 Å². The van der Waals surface area contributed by atoms with Gasteiger partial charge in [-0.05, 0) is 76.3 Å². The average molecular weight is 435 g/mol. The van der Waals surface area contributed by atoms with Gasteiger partial charge >= 0.3 is 0 Å². The highest BCUT2D eigenvalue weighted by atomic mass is 16.3. The third-order valence-corrected chi connectivity index (χ3v) is 6.90. The van der Waals surface area contributed by atoms with Crippen molar-refractivity contribution in [3.8, 4) is 0 Å². The van der Waals surface area contributed by atoms with E-state index in [1.165, 1.54) is 0 Å². The molecule has 2 aliphatic rings. The van der Waals surface area contributed by atoms with Gasteiger partial charge in [0, 0.05) is 24.5 Å². The van der Waals surface area contributed by atoms with Gasteiger partial charge in [0.1, 0.15) is 5.82 Å². The fourth-order valence-corrected chi connectivity index (χ4v) is 4.85. The van der Waals surface area contributed by atoms with E-state index >= 15 is 0 Å². The predicted octanol–water partition coefficient (Wildman–Crippen LogP) is 3.83.